The van der Waals surface area contributed by atoms with Crippen molar-refractivity contribution >= 4 is 11.8 Å². The third kappa shape index (κ3) is 3.62. The maximum absolute atomic E-state index is 12.6. The minimum absolute atomic E-state index is 0.0662. The summed E-state index contributed by atoms with van der Waals surface area (Å²) in [6, 6.07) is 1.66. The van der Waals surface area contributed by atoms with Crippen LogP contribution < -0.4 is 0 Å². The van der Waals surface area contributed by atoms with Gasteiger partial charge < -0.3 is 14.3 Å². The fourth-order valence-corrected chi connectivity index (χ4v) is 2.85. The van der Waals surface area contributed by atoms with Gasteiger partial charge in [-0.15, -0.1) is 0 Å². The molecule has 0 radical (unpaired) electrons. The van der Waals surface area contributed by atoms with Gasteiger partial charge >= 0.3 is 0 Å². The first kappa shape index (κ1) is 18.1. The van der Waals surface area contributed by atoms with Crippen LogP contribution in [0.4, 0.5) is 0 Å². The van der Waals surface area contributed by atoms with Crippen molar-refractivity contribution in [3.8, 4) is 11.3 Å². The minimum atomic E-state index is -0.177. The van der Waals surface area contributed by atoms with E-state index in [1.807, 2.05) is 14.0 Å². The third-order valence-corrected chi connectivity index (χ3v) is 4.75. The molecule has 3 heterocycles. The first-order chi connectivity index (χ1) is 12.4. The molecule has 2 amide bonds. The van der Waals surface area contributed by atoms with Gasteiger partial charge in [0.2, 0.25) is 11.7 Å². The van der Waals surface area contributed by atoms with Crippen molar-refractivity contribution in [3.63, 3.8) is 0 Å². The summed E-state index contributed by atoms with van der Waals surface area (Å²) in [7, 11) is 5.34. The fourth-order valence-electron chi connectivity index (χ4n) is 2.85. The summed E-state index contributed by atoms with van der Waals surface area (Å²) in [5.74, 6) is 0.112. The molecule has 9 nitrogen and oxygen atoms in total. The van der Waals surface area contributed by atoms with Crippen molar-refractivity contribution in [1.29, 1.82) is 0 Å². The Kier molecular flexibility index (Phi) is 5.08. The summed E-state index contributed by atoms with van der Waals surface area (Å²) in [5, 5.41) is 8.20. The Morgan fingerprint density at radius 1 is 1.23 bits per heavy atom. The average Bonchev–Trinajstić information content (AvgIpc) is 3.22. The van der Waals surface area contributed by atoms with Crippen LogP contribution in [0.25, 0.3) is 11.3 Å². The summed E-state index contributed by atoms with van der Waals surface area (Å²) in [6.45, 7) is 4.75. The van der Waals surface area contributed by atoms with E-state index in [1.54, 1.807) is 40.8 Å². The highest BCUT2D eigenvalue weighted by molar-refractivity contribution is 5.92. The van der Waals surface area contributed by atoms with Crippen LogP contribution in [0.3, 0.4) is 0 Å². The number of amides is 2. The molecular weight excluding hydrogens is 336 g/mol. The van der Waals surface area contributed by atoms with Gasteiger partial charge in [0, 0.05) is 64.6 Å². The van der Waals surface area contributed by atoms with Gasteiger partial charge in [0.05, 0.1) is 12.7 Å². The summed E-state index contributed by atoms with van der Waals surface area (Å²) < 4.78 is 7.02. The molecule has 0 unspecified atom stereocenters. The van der Waals surface area contributed by atoms with Crippen LogP contribution in [0.1, 0.15) is 16.2 Å². The highest BCUT2D eigenvalue weighted by atomic mass is 16.5. The Hall–Kier alpha value is -2.68. The maximum atomic E-state index is 12.6. The third-order valence-electron chi connectivity index (χ3n) is 4.75. The lowest BCUT2D eigenvalue weighted by molar-refractivity contribution is -0.130. The molecule has 1 aliphatic heterocycles. The van der Waals surface area contributed by atoms with Gasteiger partial charge in [-0.05, 0) is 6.92 Å². The lowest BCUT2D eigenvalue weighted by Crippen LogP contribution is -2.50. The molecule has 0 aromatic carbocycles. The first-order valence-electron chi connectivity index (χ1n) is 8.54. The van der Waals surface area contributed by atoms with Gasteiger partial charge in [0.25, 0.3) is 5.91 Å². The van der Waals surface area contributed by atoms with Crippen molar-refractivity contribution in [1.82, 2.24) is 29.6 Å². The zero-order valence-electron chi connectivity index (χ0n) is 15.6. The van der Waals surface area contributed by atoms with Gasteiger partial charge in [0.15, 0.2) is 0 Å². The summed E-state index contributed by atoms with van der Waals surface area (Å²) in [4.78, 5) is 29.8. The lowest BCUT2D eigenvalue weighted by Gasteiger charge is -2.34. The number of aryl methyl sites for hydroxylation is 1. The molecule has 9 heteroatoms. The highest BCUT2D eigenvalue weighted by Gasteiger charge is 2.26. The van der Waals surface area contributed by atoms with Crippen molar-refractivity contribution in [2.24, 2.45) is 7.05 Å². The second-order valence-corrected chi connectivity index (χ2v) is 6.70. The Labute approximate surface area is 152 Å². The molecule has 1 fully saturated rings. The van der Waals surface area contributed by atoms with Gasteiger partial charge in [-0.25, -0.2) is 0 Å². The number of rotatable bonds is 4. The number of likely N-dealkylation sites (N-methyl/N-ethyl adjacent to an activating group) is 1. The SMILES string of the molecule is Cc1c(-c2cc(C(=O)N3CCN(CC(=O)N(C)C)CC3)on2)cnn1C. The predicted molar refractivity (Wildman–Crippen MR) is 94.5 cm³/mol. The van der Waals surface area contributed by atoms with Crippen LogP contribution in [0.2, 0.25) is 0 Å². The molecule has 0 atom stereocenters. The van der Waals surface area contributed by atoms with Crippen LogP contribution in [0.15, 0.2) is 16.8 Å². The normalized spacial score (nSPS) is 15.3. The van der Waals surface area contributed by atoms with Crippen LogP contribution in [-0.2, 0) is 11.8 Å². The molecule has 0 spiro atoms. The second kappa shape index (κ2) is 7.28. The summed E-state index contributed by atoms with van der Waals surface area (Å²) in [6.07, 6.45) is 1.71. The molecular formula is C17H24N6O3. The van der Waals surface area contributed by atoms with E-state index >= 15 is 0 Å². The van der Waals surface area contributed by atoms with Gasteiger partial charge in [-0.2, -0.15) is 5.10 Å². The molecule has 2 aromatic heterocycles. The molecule has 3 rings (SSSR count). The molecule has 0 bridgehead atoms. The molecule has 1 saturated heterocycles. The van der Waals surface area contributed by atoms with Gasteiger partial charge in [-0.1, -0.05) is 5.16 Å². The Bertz CT molecular complexity index is 801. The first-order valence-corrected chi connectivity index (χ1v) is 8.54. The molecule has 0 N–H and O–H groups in total. The predicted octanol–water partition coefficient (Wildman–Crippen LogP) is 0.230. The topological polar surface area (TPSA) is 87.7 Å². The van der Waals surface area contributed by atoms with E-state index in [0.29, 0.717) is 38.4 Å². The zero-order chi connectivity index (χ0) is 18.8. The van der Waals surface area contributed by atoms with E-state index in [1.165, 1.54) is 0 Å². The largest absolute Gasteiger partial charge is 0.350 e. The number of hydrogen-bond acceptors (Lipinski definition) is 6. The van der Waals surface area contributed by atoms with Crippen molar-refractivity contribution in [3.05, 3.63) is 23.7 Å². The smallest absolute Gasteiger partial charge is 0.292 e. The monoisotopic (exact) mass is 360 g/mol. The number of hydrogen-bond donors (Lipinski definition) is 0. The summed E-state index contributed by atoms with van der Waals surface area (Å²) in [5.41, 5.74) is 2.41. The Morgan fingerprint density at radius 3 is 2.50 bits per heavy atom. The molecule has 0 saturated carbocycles. The van der Waals surface area contributed by atoms with E-state index in [2.05, 4.69) is 15.2 Å². The van der Waals surface area contributed by atoms with Crippen molar-refractivity contribution in [2.45, 2.75) is 6.92 Å². The van der Waals surface area contributed by atoms with Crippen molar-refractivity contribution in [2.75, 3.05) is 46.8 Å². The van der Waals surface area contributed by atoms with E-state index in [9.17, 15) is 9.59 Å². The number of carbonyl (C=O) groups is 2. The van der Waals surface area contributed by atoms with E-state index in [4.69, 9.17) is 4.52 Å². The fraction of sp³-hybridized carbons (Fsp3) is 0.529. The van der Waals surface area contributed by atoms with E-state index in [-0.39, 0.29) is 17.6 Å². The zero-order valence-corrected chi connectivity index (χ0v) is 15.6. The van der Waals surface area contributed by atoms with E-state index in [0.717, 1.165) is 11.3 Å². The van der Waals surface area contributed by atoms with E-state index < -0.39 is 0 Å². The standard InChI is InChI=1S/C17H24N6O3/c1-12-13(10-18-21(12)4)14-9-15(26-19-14)17(25)23-7-5-22(6-8-23)11-16(24)20(2)3/h9-10H,5-8,11H2,1-4H3. The highest BCUT2D eigenvalue weighted by Crippen LogP contribution is 2.23. The number of aromatic nitrogens is 3. The number of carbonyl (C=O) groups excluding carboxylic acids is 2. The molecule has 2 aromatic rings. The minimum Gasteiger partial charge on any atom is -0.350 e. The number of piperazine rings is 1. The number of nitrogens with zero attached hydrogens (tertiary/aromatic N) is 6. The van der Waals surface area contributed by atoms with Gasteiger partial charge in [-0.3, -0.25) is 19.2 Å². The molecule has 26 heavy (non-hydrogen) atoms. The van der Waals surface area contributed by atoms with Crippen LogP contribution in [0, 0.1) is 6.92 Å². The van der Waals surface area contributed by atoms with Crippen LogP contribution >= 0.6 is 0 Å². The Morgan fingerprint density at radius 2 is 1.92 bits per heavy atom. The van der Waals surface area contributed by atoms with Crippen molar-refractivity contribution < 1.29 is 14.1 Å². The Balaban J connectivity index is 1.61. The maximum Gasteiger partial charge on any atom is 0.292 e. The van der Waals surface area contributed by atoms with Gasteiger partial charge in [0.1, 0.15) is 5.69 Å². The molecule has 1 aliphatic rings. The lowest BCUT2D eigenvalue weighted by atomic mass is 10.2. The molecule has 140 valence electrons. The second-order valence-electron chi connectivity index (χ2n) is 6.70. The summed E-state index contributed by atoms with van der Waals surface area (Å²) >= 11 is 0. The molecule has 0 aliphatic carbocycles. The van der Waals surface area contributed by atoms with Crippen LogP contribution in [0.5, 0.6) is 0 Å². The van der Waals surface area contributed by atoms with Crippen LogP contribution in [-0.4, -0.2) is 88.3 Å². The quantitative estimate of drug-likeness (QED) is 0.776. The average molecular weight is 360 g/mol.